The average Bonchev–Trinajstić information content (AvgIpc) is 2.56. The van der Waals surface area contributed by atoms with Crippen molar-refractivity contribution in [3.63, 3.8) is 0 Å². The number of halogens is 1. The minimum atomic E-state index is 0.244. The molecule has 2 aromatic rings. The summed E-state index contributed by atoms with van der Waals surface area (Å²) in [5.41, 5.74) is 2.45. The number of rotatable bonds is 9. The molecule has 124 valence electrons. The summed E-state index contributed by atoms with van der Waals surface area (Å²) in [6, 6.07) is 16.4. The second-order valence-electron chi connectivity index (χ2n) is 5.60. The fourth-order valence-electron chi connectivity index (χ4n) is 2.57. The zero-order chi connectivity index (χ0) is 16.5. The third-order valence-electron chi connectivity index (χ3n) is 3.75. The summed E-state index contributed by atoms with van der Waals surface area (Å²) in [5.74, 6) is 0.699. The quantitative estimate of drug-likeness (QED) is 0.700. The highest BCUT2D eigenvalue weighted by molar-refractivity contribution is 6.32. The minimum absolute atomic E-state index is 0.244. The molecule has 3 nitrogen and oxygen atoms in total. The van der Waals surface area contributed by atoms with Crippen molar-refractivity contribution in [3.8, 4) is 5.75 Å². The Kier molecular flexibility index (Phi) is 7.40. The van der Waals surface area contributed by atoms with Crippen LogP contribution in [0.1, 0.15) is 24.0 Å². The first-order chi connectivity index (χ1) is 11.2. The van der Waals surface area contributed by atoms with Gasteiger partial charge in [-0.15, -0.1) is 0 Å². The van der Waals surface area contributed by atoms with Gasteiger partial charge in [0.05, 0.1) is 12.1 Å². The third-order valence-corrected chi connectivity index (χ3v) is 4.05. The summed E-state index contributed by atoms with van der Waals surface area (Å²) in [6.07, 6.45) is 1.81. The van der Waals surface area contributed by atoms with Gasteiger partial charge in [-0.2, -0.15) is 0 Å². The van der Waals surface area contributed by atoms with E-state index in [0.29, 0.717) is 10.8 Å². The third kappa shape index (κ3) is 5.87. The Morgan fingerprint density at radius 3 is 2.39 bits per heavy atom. The zero-order valence-corrected chi connectivity index (χ0v) is 14.3. The second kappa shape index (κ2) is 9.56. The molecule has 0 saturated carbocycles. The maximum atomic E-state index is 9.00. The van der Waals surface area contributed by atoms with Crippen LogP contribution in [0.25, 0.3) is 0 Å². The van der Waals surface area contributed by atoms with Crippen LogP contribution in [-0.2, 0) is 13.1 Å². The molecule has 0 heterocycles. The van der Waals surface area contributed by atoms with E-state index >= 15 is 0 Å². The molecule has 0 aromatic heterocycles. The molecule has 0 saturated heterocycles. The van der Waals surface area contributed by atoms with Gasteiger partial charge >= 0.3 is 0 Å². The van der Waals surface area contributed by atoms with Gasteiger partial charge in [0.15, 0.2) is 0 Å². The lowest BCUT2D eigenvalue weighted by atomic mass is 10.1. The van der Waals surface area contributed by atoms with E-state index in [-0.39, 0.29) is 6.61 Å². The van der Waals surface area contributed by atoms with E-state index in [1.54, 1.807) is 7.11 Å². The summed E-state index contributed by atoms with van der Waals surface area (Å²) in [7, 11) is 1.62. The zero-order valence-electron chi connectivity index (χ0n) is 13.5. The van der Waals surface area contributed by atoms with Crippen LogP contribution in [0.4, 0.5) is 0 Å². The first kappa shape index (κ1) is 17.8. The van der Waals surface area contributed by atoms with Gasteiger partial charge in [-0.1, -0.05) is 48.0 Å². The molecule has 23 heavy (non-hydrogen) atoms. The Hall–Kier alpha value is -1.55. The van der Waals surface area contributed by atoms with Crippen molar-refractivity contribution in [1.29, 1.82) is 0 Å². The van der Waals surface area contributed by atoms with E-state index in [1.165, 1.54) is 5.56 Å². The van der Waals surface area contributed by atoms with E-state index in [0.717, 1.165) is 38.0 Å². The highest BCUT2D eigenvalue weighted by atomic mass is 35.5. The smallest absolute Gasteiger partial charge is 0.137 e. The van der Waals surface area contributed by atoms with Crippen LogP contribution in [0.3, 0.4) is 0 Å². The molecular weight excluding hydrogens is 310 g/mol. The molecule has 1 N–H and O–H groups in total. The number of benzene rings is 2. The molecule has 0 amide bonds. The molecule has 0 bridgehead atoms. The SMILES string of the molecule is COc1ccc(CN(CCCCO)Cc2ccccc2)cc1Cl. The normalized spacial score (nSPS) is 11.0. The van der Waals surface area contributed by atoms with Crippen molar-refractivity contribution in [1.82, 2.24) is 4.90 Å². The highest BCUT2D eigenvalue weighted by Gasteiger charge is 2.09. The Balaban J connectivity index is 2.05. The van der Waals surface area contributed by atoms with E-state index in [1.807, 2.05) is 18.2 Å². The number of methoxy groups -OCH3 is 1. The van der Waals surface area contributed by atoms with E-state index in [4.69, 9.17) is 21.4 Å². The van der Waals surface area contributed by atoms with Crippen molar-refractivity contribution in [2.45, 2.75) is 25.9 Å². The summed E-state index contributed by atoms with van der Waals surface area (Å²) < 4.78 is 5.21. The maximum Gasteiger partial charge on any atom is 0.137 e. The molecule has 2 rings (SSSR count). The van der Waals surface area contributed by atoms with Crippen LogP contribution in [0.15, 0.2) is 48.5 Å². The van der Waals surface area contributed by atoms with Gasteiger partial charge in [-0.05, 0) is 42.6 Å². The van der Waals surface area contributed by atoms with Gasteiger partial charge < -0.3 is 9.84 Å². The summed E-state index contributed by atoms with van der Waals surface area (Å²) in [6.45, 7) is 2.90. The number of aliphatic hydroxyl groups is 1. The number of hydrogen-bond donors (Lipinski definition) is 1. The van der Waals surface area contributed by atoms with Crippen LogP contribution >= 0.6 is 11.6 Å². The average molecular weight is 334 g/mol. The number of nitrogens with zero attached hydrogens (tertiary/aromatic N) is 1. The standard InChI is InChI=1S/C19H24ClNO2/c1-23-19-10-9-17(13-18(19)20)15-21(11-5-6-12-22)14-16-7-3-2-4-8-16/h2-4,7-10,13,22H,5-6,11-12,14-15H2,1H3. The number of hydrogen-bond acceptors (Lipinski definition) is 3. The molecule has 0 fully saturated rings. The van der Waals surface area contributed by atoms with Gasteiger partial charge in [0.1, 0.15) is 5.75 Å². The Labute approximate surface area is 143 Å². The Bertz CT molecular complexity index is 589. The van der Waals surface area contributed by atoms with Crippen molar-refractivity contribution >= 4 is 11.6 Å². The molecule has 2 aromatic carbocycles. The van der Waals surface area contributed by atoms with Crippen molar-refractivity contribution in [2.24, 2.45) is 0 Å². The molecule has 4 heteroatoms. The monoisotopic (exact) mass is 333 g/mol. The maximum absolute atomic E-state index is 9.00. The molecule has 0 spiro atoms. The largest absolute Gasteiger partial charge is 0.495 e. The van der Waals surface area contributed by atoms with Crippen LogP contribution < -0.4 is 4.74 Å². The van der Waals surface area contributed by atoms with Gasteiger partial charge in [-0.25, -0.2) is 0 Å². The van der Waals surface area contributed by atoms with E-state index in [9.17, 15) is 0 Å². The predicted octanol–water partition coefficient (Wildman–Crippen LogP) is 4.12. The topological polar surface area (TPSA) is 32.7 Å². The lowest BCUT2D eigenvalue weighted by molar-refractivity contribution is 0.230. The van der Waals surface area contributed by atoms with Crippen LogP contribution in [0.5, 0.6) is 5.75 Å². The van der Waals surface area contributed by atoms with E-state index in [2.05, 4.69) is 35.2 Å². The van der Waals surface area contributed by atoms with Gasteiger partial charge in [0, 0.05) is 19.7 Å². The fourth-order valence-corrected chi connectivity index (χ4v) is 2.85. The van der Waals surface area contributed by atoms with Crippen LogP contribution in [0, 0.1) is 0 Å². The van der Waals surface area contributed by atoms with Crippen molar-refractivity contribution in [2.75, 3.05) is 20.3 Å². The lowest BCUT2D eigenvalue weighted by Gasteiger charge is -2.23. The Morgan fingerprint density at radius 2 is 1.74 bits per heavy atom. The molecule has 0 atom stereocenters. The molecule has 0 radical (unpaired) electrons. The molecular formula is C19H24ClNO2. The lowest BCUT2D eigenvalue weighted by Crippen LogP contribution is -2.24. The van der Waals surface area contributed by atoms with Gasteiger partial charge in [0.25, 0.3) is 0 Å². The van der Waals surface area contributed by atoms with E-state index < -0.39 is 0 Å². The second-order valence-corrected chi connectivity index (χ2v) is 6.00. The highest BCUT2D eigenvalue weighted by Crippen LogP contribution is 2.25. The van der Waals surface area contributed by atoms with Crippen LogP contribution in [0.2, 0.25) is 5.02 Å². The molecule has 0 aliphatic rings. The fraction of sp³-hybridized carbons (Fsp3) is 0.368. The summed E-state index contributed by atoms with van der Waals surface area (Å²) in [5, 5.41) is 9.64. The van der Waals surface area contributed by atoms with Crippen LogP contribution in [-0.4, -0.2) is 30.3 Å². The minimum Gasteiger partial charge on any atom is -0.495 e. The Morgan fingerprint density at radius 1 is 1.00 bits per heavy atom. The van der Waals surface area contributed by atoms with Gasteiger partial charge in [0.2, 0.25) is 0 Å². The summed E-state index contributed by atoms with van der Waals surface area (Å²) in [4.78, 5) is 2.38. The number of aliphatic hydroxyl groups excluding tert-OH is 1. The number of unbranched alkanes of at least 4 members (excludes halogenated alkanes) is 1. The first-order valence-electron chi connectivity index (χ1n) is 7.92. The number of ether oxygens (including phenoxy) is 1. The molecule has 0 unspecified atom stereocenters. The molecule has 0 aliphatic carbocycles. The molecule has 0 aliphatic heterocycles. The first-order valence-corrected chi connectivity index (χ1v) is 8.30. The van der Waals surface area contributed by atoms with Gasteiger partial charge in [-0.3, -0.25) is 4.90 Å². The predicted molar refractivity (Wildman–Crippen MR) is 94.9 cm³/mol. The van der Waals surface area contributed by atoms with Crippen molar-refractivity contribution < 1.29 is 9.84 Å². The summed E-state index contributed by atoms with van der Waals surface area (Å²) >= 11 is 6.22. The van der Waals surface area contributed by atoms with Crippen molar-refractivity contribution in [3.05, 3.63) is 64.7 Å².